The van der Waals surface area contributed by atoms with Crippen molar-refractivity contribution in [1.82, 2.24) is 5.32 Å². The molecule has 3 nitrogen and oxygen atoms in total. The van der Waals surface area contributed by atoms with Crippen molar-refractivity contribution in [2.75, 3.05) is 12.3 Å². The summed E-state index contributed by atoms with van der Waals surface area (Å²) in [5.74, 6) is -0.740. The van der Waals surface area contributed by atoms with Gasteiger partial charge in [-0.2, -0.15) is 0 Å². The topological polar surface area (TPSA) is 55.1 Å². The Morgan fingerprint density at radius 3 is 2.69 bits per heavy atom. The summed E-state index contributed by atoms with van der Waals surface area (Å²) in [5.41, 5.74) is 5.76. The molecule has 0 heterocycles. The molecule has 16 heavy (non-hydrogen) atoms. The molecule has 0 saturated heterocycles. The second-order valence-corrected chi connectivity index (χ2v) is 4.67. The summed E-state index contributed by atoms with van der Waals surface area (Å²) in [6, 6.07) is 2.90. The van der Waals surface area contributed by atoms with Gasteiger partial charge in [-0.15, -0.1) is 0 Å². The number of hydrogen-bond donors (Lipinski definition) is 2. The van der Waals surface area contributed by atoms with E-state index in [1.807, 2.05) is 13.8 Å². The van der Waals surface area contributed by atoms with Crippen LogP contribution in [0, 0.1) is 5.82 Å². The normalized spacial score (nSPS) is 10.8. The summed E-state index contributed by atoms with van der Waals surface area (Å²) in [4.78, 5) is 11.7. The maximum absolute atomic E-state index is 13.3. The molecule has 0 fully saturated rings. The zero-order valence-electron chi connectivity index (χ0n) is 9.18. The van der Waals surface area contributed by atoms with E-state index in [0.29, 0.717) is 10.0 Å². The molecule has 0 atom stereocenters. The molecule has 0 saturated carbocycles. The minimum atomic E-state index is -0.581. The predicted octanol–water partition coefficient (Wildman–Crippen LogP) is 2.35. The Morgan fingerprint density at radius 1 is 1.56 bits per heavy atom. The van der Waals surface area contributed by atoms with Crippen LogP contribution in [0.2, 0.25) is 0 Å². The average Bonchev–Trinajstić information content (AvgIpc) is 2.21. The van der Waals surface area contributed by atoms with Crippen molar-refractivity contribution < 1.29 is 9.18 Å². The molecule has 1 aromatic rings. The van der Waals surface area contributed by atoms with E-state index in [4.69, 9.17) is 5.73 Å². The predicted molar refractivity (Wildman–Crippen MR) is 66.0 cm³/mol. The summed E-state index contributed by atoms with van der Waals surface area (Å²) < 4.78 is 13.7. The number of halogens is 2. The Balaban J connectivity index is 2.84. The number of hydrogen-bond acceptors (Lipinski definition) is 3. The molecule has 3 N–H and O–H groups in total. The minimum absolute atomic E-state index is 0.0216. The molecule has 0 spiro atoms. The maximum Gasteiger partial charge on any atom is 0.176 e. The molecule has 0 unspecified atom stereocenters. The molecule has 0 amide bonds. The van der Waals surface area contributed by atoms with Crippen LogP contribution in [0.25, 0.3) is 0 Å². The van der Waals surface area contributed by atoms with E-state index < -0.39 is 5.82 Å². The molecule has 1 aromatic carbocycles. The second-order valence-electron chi connectivity index (χ2n) is 3.81. The number of carbonyl (C=O) groups excluding carboxylic acids is 1. The van der Waals surface area contributed by atoms with Gasteiger partial charge >= 0.3 is 0 Å². The molecular formula is C11H14BrFN2O. The molecule has 0 aromatic heterocycles. The van der Waals surface area contributed by atoms with E-state index in [2.05, 4.69) is 21.2 Å². The van der Waals surface area contributed by atoms with Crippen molar-refractivity contribution in [3.8, 4) is 0 Å². The highest BCUT2D eigenvalue weighted by Gasteiger charge is 2.11. The third kappa shape index (κ3) is 3.28. The highest BCUT2D eigenvalue weighted by Crippen LogP contribution is 2.24. The van der Waals surface area contributed by atoms with Gasteiger partial charge in [0.15, 0.2) is 5.78 Å². The number of ketones is 1. The van der Waals surface area contributed by atoms with Crippen LogP contribution in [0.4, 0.5) is 10.1 Å². The summed E-state index contributed by atoms with van der Waals surface area (Å²) >= 11 is 3.11. The van der Waals surface area contributed by atoms with E-state index in [9.17, 15) is 9.18 Å². The lowest BCUT2D eigenvalue weighted by atomic mass is 10.1. The SMILES string of the molecule is CC(C)NCC(=O)c1cc(F)c(N)c(Br)c1. The van der Waals surface area contributed by atoms with Crippen LogP contribution in [-0.4, -0.2) is 18.4 Å². The monoisotopic (exact) mass is 288 g/mol. The van der Waals surface area contributed by atoms with Crippen LogP contribution in [0.1, 0.15) is 24.2 Å². The third-order valence-corrected chi connectivity index (χ3v) is 2.73. The van der Waals surface area contributed by atoms with Crippen molar-refractivity contribution in [2.45, 2.75) is 19.9 Å². The summed E-state index contributed by atoms with van der Waals surface area (Å²) in [6.45, 7) is 4.06. The van der Waals surface area contributed by atoms with E-state index in [0.717, 1.165) is 6.07 Å². The quantitative estimate of drug-likeness (QED) is 0.661. The van der Waals surface area contributed by atoms with Crippen molar-refractivity contribution in [1.29, 1.82) is 0 Å². The molecule has 0 aliphatic rings. The van der Waals surface area contributed by atoms with Gasteiger partial charge in [-0.25, -0.2) is 4.39 Å². The fraction of sp³-hybridized carbons (Fsp3) is 0.364. The Hall–Kier alpha value is -0.940. The van der Waals surface area contributed by atoms with Gasteiger partial charge in [-0.05, 0) is 28.1 Å². The number of benzene rings is 1. The standard InChI is InChI=1S/C11H14BrFN2O/c1-6(2)15-5-10(16)7-3-8(12)11(14)9(13)4-7/h3-4,6,15H,5,14H2,1-2H3. The lowest BCUT2D eigenvalue weighted by molar-refractivity contribution is 0.0988. The zero-order chi connectivity index (χ0) is 12.3. The van der Waals surface area contributed by atoms with Gasteiger partial charge in [0.25, 0.3) is 0 Å². The van der Waals surface area contributed by atoms with Gasteiger partial charge in [0.1, 0.15) is 5.82 Å². The van der Waals surface area contributed by atoms with Crippen molar-refractivity contribution in [3.63, 3.8) is 0 Å². The molecule has 88 valence electrons. The third-order valence-electron chi connectivity index (χ3n) is 2.07. The lowest BCUT2D eigenvalue weighted by Gasteiger charge is -2.08. The summed E-state index contributed by atoms with van der Waals surface area (Å²) in [6.07, 6.45) is 0. The van der Waals surface area contributed by atoms with Gasteiger partial charge in [0.2, 0.25) is 0 Å². The van der Waals surface area contributed by atoms with Crippen LogP contribution in [0.15, 0.2) is 16.6 Å². The smallest absolute Gasteiger partial charge is 0.176 e. The van der Waals surface area contributed by atoms with Crippen molar-refractivity contribution in [3.05, 3.63) is 28.0 Å². The first kappa shape index (κ1) is 13.1. The average molecular weight is 289 g/mol. The van der Waals surface area contributed by atoms with Crippen molar-refractivity contribution in [2.24, 2.45) is 0 Å². The Bertz CT molecular complexity index is 384. The van der Waals surface area contributed by atoms with E-state index in [1.54, 1.807) is 0 Å². The fourth-order valence-electron chi connectivity index (χ4n) is 1.14. The molecule has 0 aliphatic carbocycles. The molecule has 0 radical (unpaired) electrons. The lowest BCUT2D eigenvalue weighted by Crippen LogP contribution is -2.29. The largest absolute Gasteiger partial charge is 0.395 e. The van der Waals surface area contributed by atoms with Crippen LogP contribution < -0.4 is 11.1 Å². The van der Waals surface area contributed by atoms with Crippen LogP contribution >= 0.6 is 15.9 Å². The first-order chi connectivity index (χ1) is 7.41. The van der Waals surface area contributed by atoms with Gasteiger partial charge in [0.05, 0.1) is 12.2 Å². The van der Waals surface area contributed by atoms with E-state index in [-0.39, 0.29) is 24.1 Å². The summed E-state index contributed by atoms with van der Waals surface area (Å²) in [5, 5.41) is 2.98. The van der Waals surface area contributed by atoms with Gasteiger partial charge in [-0.1, -0.05) is 13.8 Å². The zero-order valence-corrected chi connectivity index (χ0v) is 10.8. The number of nitrogens with one attached hydrogen (secondary N) is 1. The maximum atomic E-state index is 13.3. The molecular weight excluding hydrogens is 275 g/mol. The molecule has 5 heteroatoms. The summed E-state index contributed by atoms with van der Waals surface area (Å²) in [7, 11) is 0. The van der Waals surface area contributed by atoms with E-state index in [1.165, 1.54) is 6.07 Å². The highest BCUT2D eigenvalue weighted by molar-refractivity contribution is 9.10. The van der Waals surface area contributed by atoms with Crippen LogP contribution in [-0.2, 0) is 0 Å². The van der Waals surface area contributed by atoms with E-state index >= 15 is 0 Å². The highest BCUT2D eigenvalue weighted by atomic mass is 79.9. The minimum Gasteiger partial charge on any atom is -0.395 e. The Kier molecular flexibility index (Phi) is 4.44. The Morgan fingerprint density at radius 2 is 2.19 bits per heavy atom. The van der Waals surface area contributed by atoms with Gasteiger partial charge in [0, 0.05) is 16.1 Å². The van der Waals surface area contributed by atoms with Crippen LogP contribution in [0.5, 0.6) is 0 Å². The van der Waals surface area contributed by atoms with Crippen LogP contribution in [0.3, 0.4) is 0 Å². The number of carbonyl (C=O) groups is 1. The number of nitrogens with two attached hydrogens (primary N) is 1. The second kappa shape index (κ2) is 5.41. The number of nitrogen functional groups attached to an aromatic ring is 1. The first-order valence-electron chi connectivity index (χ1n) is 4.93. The number of Topliss-reactive ketones (excluding diaryl/α,β-unsaturated/α-hetero) is 1. The molecule has 0 aliphatic heterocycles. The molecule has 1 rings (SSSR count). The number of rotatable bonds is 4. The van der Waals surface area contributed by atoms with Gasteiger partial charge < -0.3 is 11.1 Å². The fourth-order valence-corrected chi connectivity index (χ4v) is 1.58. The first-order valence-corrected chi connectivity index (χ1v) is 5.72. The number of anilines is 1. The molecule has 0 bridgehead atoms. The van der Waals surface area contributed by atoms with Gasteiger partial charge in [-0.3, -0.25) is 4.79 Å². The van der Waals surface area contributed by atoms with Crippen molar-refractivity contribution >= 4 is 27.4 Å². The Labute approximate surface area is 102 Å².